The third kappa shape index (κ3) is 3.26. The Morgan fingerprint density at radius 3 is 2.16 bits per heavy atom. The summed E-state index contributed by atoms with van der Waals surface area (Å²) in [6.45, 7) is 0.982. The van der Waals surface area contributed by atoms with Crippen molar-refractivity contribution in [3.8, 4) is 0 Å². The average Bonchev–Trinajstić information content (AvgIpc) is 3.05. The van der Waals surface area contributed by atoms with Crippen molar-refractivity contribution in [1.29, 1.82) is 0 Å². The Labute approximate surface area is 147 Å². The first-order valence-corrected chi connectivity index (χ1v) is 8.66. The molecule has 0 bridgehead atoms. The van der Waals surface area contributed by atoms with Crippen molar-refractivity contribution in [2.45, 2.75) is 12.5 Å². The van der Waals surface area contributed by atoms with Crippen LogP contribution < -0.4 is 0 Å². The molecule has 1 unspecified atom stereocenters. The molecule has 0 radical (unpaired) electrons. The summed E-state index contributed by atoms with van der Waals surface area (Å²) < 4.78 is 0. The normalized spacial score (nSPS) is 12.9. The van der Waals surface area contributed by atoms with Crippen molar-refractivity contribution in [3.05, 3.63) is 72.3 Å². The van der Waals surface area contributed by atoms with Gasteiger partial charge in [0, 0.05) is 0 Å². The lowest BCUT2D eigenvalue weighted by atomic mass is 10.00. The minimum Gasteiger partial charge on any atom is -0.309 e. The lowest BCUT2D eigenvalue weighted by molar-refractivity contribution is 0.344. The molecular formula is C21H22N4. The van der Waals surface area contributed by atoms with Gasteiger partial charge in [0.15, 0.2) is 0 Å². The number of hydrogen-bond acceptors (Lipinski definition) is 3. The first-order chi connectivity index (χ1) is 12.2. The summed E-state index contributed by atoms with van der Waals surface area (Å²) in [6, 6.07) is 23.3. The van der Waals surface area contributed by atoms with E-state index in [4.69, 9.17) is 10.2 Å². The van der Waals surface area contributed by atoms with E-state index in [2.05, 4.69) is 61.5 Å². The Morgan fingerprint density at radius 1 is 0.840 bits per heavy atom. The molecule has 0 fully saturated rings. The van der Waals surface area contributed by atoms with Gasteiger partial charge in [0.25, 0.3) is 0 Å². The van der Waals surface area contributed by atoms with Gasteiger partial charge in [0.2, 0.25) is 0 Å². The number of fused-ring (bicyclic) bond motifs is 2. The molecule has 0 N–H and O–H groups in total. The van der Waals surface area contributed by atoms with Crippen LogP contribution in [-0.2, 0) is 0 Å². The molecule has 1 aromatic heterocycles. The molecule has 0 saturated heterocycles. The zero-order valence-corrected chi connectivity index (χ0v) is 14.6. The molecule has 1 heterocycles. The van der Waals surface area contributed by atoms with E-state index in [0.29, 0.717) is 0 Å². The molecule has 4 rings (SSSR count). The minimum absolute atomic E-state index is 0.124. The first-order valence-electron chi connectivity index (χ1n) is 8.66. The molecule has 25 heavy (non-hydrogen) atoms. The van der Waals surface area contributed by atoms with Gasteiger partial charge in [-0.2, -0.15) is 15.0 Å². The van der Waals surface area contributed by atoms with Gasteiger partial charge < -0.3 is 4.90 Å². The summed E-state index contributed by atoms with van der Waals surface area (Å²) in [5.74, 6) is 0. The molecular weight excluding hydrogens is 308 g/mol. The van der Waals surface area contributed by atoms with Gasteiger partial charge in [0.05, 0.1) is 6.04 Å². The summed E-state index contributed by atoms with van der Waals surface area (Å²) in [4.78, 5) is 4.09. The summed E-state index contributed by atoms with van der Waals surface area (Å²) >= 11 is 0. The number of benzene rings is 3. The highest BCUT2D eigenvalue weighted by Crippen LogP contribution is 2.26. The molecule has 4 nitrogen and oxygen atoms in total. The zero-order valence-electron chi connectivity index (χ0n) is 14.6. The van der Waals surface area contributed by atoms with Crippen molar-refractivity contribution in [3.63, 3.8) is 0 Å². The third-order valence-electron chi connectivity index (χ3n) is 4.59. The molecule has 3 aromatic carbocycles. The monoisotopic (exact) mass is 330 g/mol. The van der Waals surface area contributed by atoms with Gasteiger partial charge in [-0.05, 0) is 61.6 Å². The molecule has 0 aliphatic heterocycles. The van der Waals surface area contributed by atoms with Crippen molar-refractivity contribution < 1.29 is 0 Å². The number of aromatic nitrogens is 3. The van der Waals surface area contributed by atoms with Crippen LogP contribution >= 0.6 is 0 Å². The van der Waals surface area contributed by atoms with Gasteiger partial charge >= 0.3 is 0 Å². The maximum atomic E-state index is 4.73. The molecule has 0 spiro atoms. The molecule has 126 valence electrons. The summed E-state index contributed by atoms with van der Waals surface area (Å²) in [7, 11) is 4.20. The average molecular weight is 330 g/mol. The van der Waals surface area contributed by atoms with Crippen LogP contribution in [0.15, 0.2) is 66.7 Å². The Hall–Kier alpha value is -2.72. The number of hydrogen-bond donors (Lipinski definition) is 0. The third-order valence-corrected chi connectivity index (χ3v) is 4.59. The SMILES string of the molecule is CN(C)CCC(c1ccc2ccccc2c1)n1nc2ccccc2n1. The lowest BCUT2D eigenvalue weighted by Gasteiger charge is -2.19. The quantitative estimate of drug-likeness (QED) is 0.552. The van der Waals surface area contributed by atoms with E-state index in [9.17, 15) is 0 Å². The standard InChI is InChI=1S/C21H22N4/c1-24(2)14-13-21(25-22-19-9-5-6-10-20(19)23-25)18-12-11-16-7-3-4-8-17(16)15-18/h3-12,15,21H,13-14H2,1-2H3. The predicted octanol–water partition coefficient (Wildman–Crippen LogP) is 4.13. The topological polar surface area (TPSA) is 34.0 Å². The maximum absolute atomic E-state index is 4.73. The predicted molar refractivity (Wildman–Crippen MR) is 103 cm³/mol. The second kappa shape index (κ2) is 6.65. The second-order valence-corrected chi connectivity index (χ2v) is 6.72. The molecule has 0 amide bonds. The molecule has 4 aromatic rings. The Bertz CT molecular complexity index is 970. The van der Waals surface area contributed by atoms with E-state index in [1.165, 1.54) is 16.3 Å². The fourth-order valence-corrected chi connectivity index (χ4v) is 3.23. The second-order valence-electron chi connectivity index (χ2n) is 6.72. The highest BCUT2D eigenvalue weighted by Gasteiger charge is 2.17. The minimum atomic E-state index is 0.124. The van der Waals surface area contributed by atoms with Crippen LogP contribution in [0.25, 0.3) is 21.8 Å². The van der Waals surface area contributed by atoms with Crippen LogP contribution in [0.4, 0.5) is 0 Å². The Morgan fingerprint density at radius 2 is 1.48 bits per heavy atom. The first kappa shape index (κ1) is 15.8. The largest absolute Gasteiger partial charge is 0.309 e. The molecule has 1 atom stereocenters. The van der Waals surface area contributed by atoms with E-state index >= 15 is 0 Å². The van der Waals surface area contributed by atoms with Crippen LogP contribution in [0.2, 0.25) is 0 Å². The van der Waals surface area contributed by atoms with Crippen LogP contribution in [0.5, 0.6) is 0 Å². The van der Waals surface area contributed by atoms with Gasteiger partial charge in [-0.3, -0.25) is 0 Å². The van der Waals surface area contributed by atoms with Gasteiger partial charge in [-0.25, -0.2) is 0 Å². The highest BCUT2D eigenvalue weighted by atomic mass is 15.5. The van der Waals surface area contributed by atoms with Crippen LogP contribution in [0.3, 0.4) is 0 Å². The lowest BCUT2D eigenvalue weighted by Crippen LogP contribution is -2.21. The Balaban J connectivity index is 1.78. The highest BCUT2D eigenvalue weighted by molar-refractivity contribution is 5.83. The van der Waals surface area contributed by atoms with Crippen LogP contribution in [0, 0.1) is 0 Å². The fourth-order valence-electron chi connectivity index (χ4n) is 3.23. The van der Waals surface area contributed by atoms with E-state index in [1.807, 2.05) is 29.1 Å². The van der Waals surface area contributed by atoms with Crippen molar-refractivity contribution in [2.24, 2.45) is 0 Å². The summed E-state index contributed by atoms with van der Waals surface area (Å²) in [6.07, 6.45) is 0.965. The molecule has 4 heteroatoms. The summed E-state index contributed by atoms with van der Waals surface area (Å²) in [5, 5.41) is 12.0. The van der Waals surface area contributed by atoms with Gasteiger partial charge in [-0.15, -0.1) is 0 Å². The number of nitrogens with zero attached hydrogens (tertiary/aromatic N) is 4. The molecule has 0 saturated carbocycles. The fraction of sp³-hybridized carbons (Fsp3) is 0.238. The molecule has 0 aliphatic rings. The number of rotatable bonds is 5. The molecule has 0 aliphatic carbocycles. The van der Waals surface area contributed by atoms with Crippen molar-refractivity contribution >= 4 is 21.8 Å². The van der Waals surface area contributed by atoms with E-state index in [1.54, 1.807) is 0 Å². The van der Waals surface area contributed by atoms with Crippen molar-refractivity contribution in [2.75, 3.05) is 20.6 Å². The van der Waals surface area contributed by atoms with Crippen LogP contribution in [-0.4, -0.2) is 40.5 Å². The van der Waals surface area contributed by atoms with Gasteiger partial charge in [-0.1, -0.05) is 48.5 Å². The maximum Gasteiger partial charge on any atom is 0.113 e. The van der Waals surface area contributed by atoms with Gasteiger partial charge in [0.1, 0.15) is 11.0 Å². The Kier molecular flexibility index (Phi) is 4.20. The zero-order chi connectivity index (χ0) is 17.2. The smallest absolute Gasteiger partial charge is 0.113 e. The van der Waals surface area contributed by atoms with E-state index < -0.39 is 0 Å². The summed E-state index contributed by atoms with van der Waals surface area (Å²) in [5.41, 5.74) is 3.14. The van der Waals surface area contributed by atoms with Crippen LogP contribution in [0.1, 0.15) is 18.0 Å². The van der Waals surface area contributed by atoms with Crippen molar-refractivity contribution in [1.82, 2.24) is 19.9 Å². The van der Waals surface area contributed by atoms with E-state index in [-0.39, 0.29) is 6.04 Å². The van der Waals surface area contributed by atoms with E-state index in [0.717, 1.165) is 24.0 Å².